The Kier molecular flexibility index (Phi) is 6.27. The van der Waals surface area contributed by atoms with E-state index in [4.69, 9.17) is 0 Å². The number of aryl methyl sites for hydroxylation is 3. The molecule has 0 fully saturated rings. The van der Waals surface area contributed by atoms with Crippen LogP contribution in [0.15, 0.2) is 6.07 Å². The highest BCUT2D eigenvalue weighted by atomic mass is 15.3. The van der Waals surface area contributed by atoms with E-state index in [0.717, 1.165) is 12.8 Å². The zero-order valence-electron chi connectivity index (χ0n) is 11.8. The molecule has 0 aliphatic rings. The quantitative estimate of drug-likeness (QED) is 0.753. The minimum atomic E-state index is 0.680. The molecule has 0 saturated heterocycles. The lowest BCUT2D eigenvalue weighted by Gasteiger charge is -2.14. The highest BCUT2D eigenvalue weighted by Crippen LogP contribution is 2.11. The Bertz CT molecular complexity index is 317. The predicted octanol–water partition coefficient (Wildman–Crippen LogP) is 2.69. The van der Waals surface area contributed by atoms with Crippen LogP contribution in [-0.4, -0.2) is 22.9 Å². The maximum Gasteiger partial charge on any atom is 0.0624 e. The van der Waals surface area contributed by atoms with E-state index in [2.05, 4.69) is 44.4 Å². The van der Waals surface area contributed by atoms with E-state index < -0.39 is 0 Å². The molecule has 17 heavy (non-hydrogen) atoms. The second-order valence-electron chi connectivity index (χ2n) is 4.77. The summed E-state index contributed by atoms with van der Waals surface area (Å²) in [7, 11) is 4.12. The van der Waals surface area contributed by atoms with E-state index >= 15 is 0 Å². The van der Waals surface area contributed by atoms with Crippen molar-refractivity contribution in [2.24, 2.45) is 7.05 Å². The molecular formula is C14H27N3. The lowest BCUT2D eigenvalue weighted by molar-refractivity contribution is 0.466. The van der Waals surface area contributed by atoms with Crippen LogP contribution in [0.5, 0.6) is 0 Å². The number of hydrogen-bond donors (Lipinski definition) is 1. The highest BCUT2D eigenvalue weighted by Gasteiger charge is 2.07. The summed E-state index contributed by atoms with van der Waals surface area (Å²) in [5.41, 5.74) is 2.58. The van der Waals surface area contributed by atoms with Crippen LogP contribution in [0, 0.1) is 0 Å². The highest BCUT2D eigenvalue weighted by molar-refractivity contribution is 5.10. The zero-order valence-corrected chi connectivity index (χ0v) is 11.8. The molecule has 1 atom stereocenters. The molecule has 98 valence electrons. The summed E-state index contributed by atoms with van der Waals surface area (Å²) in [6, 6.07) is 2.92. The maximum absolute atomic E-state index is 4.48. The minimum Gasteiger partial charge on any atom is -0.317 e. The van der Waals surface area contributed by atoms with Gasteiger partial charge in [-0.15, -0.1) is 0 Å². The molecule has 0 spiro atoms. The first-order chi connectivity index (χ1) is 8.21. The number of nitrogens with zero attached hydrogens (tertiary/aromatic N) is 2. The minimum absolute atomic E-state index is 0.680. The summed E-state index contributed by atoms with van der Waals surface area (Å²) < 4.78 is 2.03. The fourth-order valence-electron chi connectivity index (χ4n) is 2.29. The van der Waals surface area contributed by atoms with Gasteiger partial charge in [-0.3, -0.25) is 4.68 Å². The number of nitrogens with one attached hydrogen (secondary N) is 1. The third-order valence-corrected chi connectivity index (χ3v) is 3.42. The Labute approximate surface area is 106 Å². The van der Waals surface area contributed by atoms with E-state index in [0.29, 0.717) is 6.04 Å². The first-order valence-electron chi connectivity index (χ1n) is 6.90. The average molecular weight is 237 g/mol. The Balaban J connectivity index is 2.36. The lowest BCUT2D eigenvalue weighted by atomic mass is 10.0. The summed E-state index contributed by atoms with van der Waals surface area (Å²) in [4.78, 5) is 0. The van der Waals surface area contributed by atoms with Crippen LogP contribution >= 0.6 is 0 Å². The second-order valence-corrected chi connectivity index (χ2v) is 4.77. The molecule has 1 heterocycles. The van der Waals surface area contributed by atoms with Crippen LogP contribution in [0.3, 0.4) is 0 Å². The zero-order chi connectivity index (χ0) is 12.7. The Morgan fingerprint density at radius 2 is 2.12 bits per heavy atom. The van der Waals surface area contributed by atoms with Gasteiger partial charge in [0.2, 0.25) is 0 Å². The van der Waals surface area contributed by atoms with Gasteiger partial charge in [0.1, 0.15) is 0 Å². The molecular weight excluding hydrogens is 210 g/mol. The molecule has 0 bridgehead atoms. The van der Waals surface area contributed by atoms with Gasteiger partial charge in [-0.05, 0) is 45.2 Å². The van der Waals surface area contributed by atoms with Crippen LogP contribution in [0.25, 0.3) is 0 Å². The first-order valence-corrected chi connectivity index (χ1v) is 6.90. The van der Waals surface area contributed by atoms with E-state index in [1.165, 1.54) is 37.1 Å². The molecule has 0 radical (unpaired) electrons. The van der Waals surface area contributed by atoms with Gasteiger partial charge in [0.15, 0.2) is 0 Å². The van der Waals surface area contributed by atoms with Gasteiger partial charge in [-0.2, -0.15) is 5.10 Å². The summed E-state index contributed by atoms with van der Waals surface area (Å²) >= 11 is 0. The average Bonchev–Trinajstić information content (AvgIpc) is 2.69. The third kappa shape index (κ3) is 4.50. The molecule has 1 rings (SSSR count). The van der Waals surface area contributed by atoms with Crippen molar-refractivity contribution in [3.63, 3.8) is 0 Å². The topological polar surface area (TPSA) is 29.9 Å². The molecule has 0 aliphatic heterocycles. The summed E-state index contributed by atoms with van der Waals surface area (Å²) in [5, 5.41) is 7.88. The molecule has 1 aromatic heterocycles. The van der Waals surface area contributed by atoms with Crippen molar-refractivity contribution in [3.8, 4) is 0 Å². The number of rotatable bonds is 8. The SMILES string of the molecule is CCCC(CCCc1cc(CC)nn1C)NC. The molecule has 0 aromatic carbocycles. The predicted molar refractivity (Wildman–Crippen MR) is 73.3 cm³/mol. The third-order valence-electron chi connectivity index (χ3n) is 3.42. The smallest absolute Gasteiger partial charge is 0.0624 e. The molecule has 1 aromatic rings. The van der Waals surface area contributed by atoms with Gasteiger partial charge < -0.3 is 5.32 Å². The summed E-state index contributed by atoms with van der Waals surface area (Å²) in [6.07, 6.45) is 7.22. The van der Waals surface area contributed by atoms with Gasteiger partial charge in [0.25, 0.3) is 0 Å². The van der Waals surface area contributed by atoms with Crippen molar-refractivity contribution in [2.45, 2.75) is 58.4 Å². The van der Waals surface area contributed by atoms with Crippen LogP contribution in [0.4, 0.5) is 0 Å². The van der Waals surface area contributed by atoms with Gasteiger partial charge >= 0.3 is 0 Å². The van der Waals surface area contributed by atoms with E-state index in [1.807, 2.05) is 4.68 Å². The van der Waals surface area contributed by atoms with Gasteiger partial charge in [-0.1, -0.05) is 20.3 Å². The molecule has 1 unspecified atom stereocenters. The van der Waals surface area contributed by atoms with Gasteiger partial charge in [0, 0.05) is 18.8 Å². The van der Waals surface area contributed by atoms with Crippen molar-refractivity contribution in [2.75, 3.05) is 7.05 Å². The fourth-order valence-corrected chi connectivity index (χ4v) is 2.29. The fraction of sp³-hybridized carbons (Fsp3) is 0.786. The molecule has 3 heteroatoms. The van der Waals surface area contributed by atoms with Crippen molar-refractivity contribution in [3.05, 3.63) is 17.5 Å². The molecule has 0 saturated carbocycles. The largest absolute Gasteiger partial charge is 0.317 e. The number of aromatic nitrogens is 2. The van der Waals surface area contributed by atoms with Crippen molar-refractivity contribution >= 4 is 0 Å². The molecule has 0 amide bonds. The second kappa shape index (κ2) is 7.49. The van der Waals surface area contributed by atoms with E-state index in [9.17, 15) is 0 Å². The lowest BCUT2D eigenvalue weighted by Crippen LogP contribution is -2.24. The van der Waals surface area contributed by atoms with E-state index in [-0.39, 0.29) is 0 Å². The Morgan fingerprint density at radius 1 is 1.35 bits per heavy atom. The number of hydrogen-bond acceptors (Lipinski definition) is 2. The standard InChI is InChI=1S/C14H27N3/c1-5-8-13(15-3)9-7-10-14-11-12(6-2)16-17(14)4/h11,13,15H,5-10H2,1-4H3. The normalized spacial score (nSPS) is 12.9. The summed E-state index contributed by atoms with van der Waals surface area (Å²) in [5.74, 6) is 0. The first kappa shape index (κ1) is 14.2. The monoisotopic (exact) mass is 237 g/mol. The van der Waals surface area contributed by atoms with E-state index in [1.54, 1.807) is 0 Å². The van der Waals surface area contributed by atoms with Crippen LogP contribution in [0.2, 0.25) is 0 Å². The van der Waals surface area contributed by atoms with Crippen molar-refractivity contribution in [1.29, 1.82) is 0 Å². The van der Waals surface area contributed by atoms with Gasteiger partial charge in [0.05, 0.1) is 5.69 Å². The van der Waals surface area contributed by atoms with Crippen molar-refractivity contribution < 1.29 is 0 Å². The summed E-state index contributed by atoms with van der Waals surface area (Å²) in [6.45, 7) is 4.41. The van der Waals surface area contributed by atoms with Crippen LogP contribution < -0.4 is 5.32 Å². The Hall–Kier alpha value is -0.830. The van der Waals surface area contributed by atoms with Gasteiger partial charge in [-0.25, -0.2) is 0 Å². The Morgan fingerprint density at radius 3 is 2.65 bits per heavy atom. The maximum atomic E-state index is 4.48. The molecule has 0 aliphatic carbocycles. The van der Waals surface area contributed by atoms with Crippen LogP contribution in [-0.2, 0) is 19.9 Å². The van der Waals surface area contributed by atoms with Crippen molar-refractivity contribution in [1.82, 2.24) is 15.1 Å². The molecule has 3 nitrogen and oxygen atoms in total. The van der Waals surface area contributed by atoms with Crippen LogP contribution in [0.1, 0.15) is 50.9 Å². The molecule has 1 N–H and O–H groups in total.